The van der Waals surface area contributed by atoms with Gasteiger partial charge in [-0.15, -0.1) is 12.8 Å². The molecule has 0 heterocycles. The van der Waals surface area contributed by atoms with Crippen molar-refractivity contribution < 1.29 is 0 Å². The van der Waals surface area contributed by atoms with Gasteiger partial charge in [-0.25, -0.2) is 0 Å². The highest BCUT2D eigenvalue weighted by molar-refractivity contribution is 5.20. The first kappa shape index (κ1) is 19.6. The SMILES string of the molecule is C#C.C/C=C\C=C/CCC.CCc1ccc(C)cc1. The Balaban J connectivity index is 0. The second-order valence-electron chi connectivity index (χ2n) is 4.08. The van der Waals surface area contributed by atoms with Gasteiger partial charge in [-0.3, -0.25) is 0 Å². The van der Waals surface area contributed by atoms with Crippen molar-refractivity contribution in [1.82, 2.24) is 0 Å². The molecule has 0 fully saturated rings. The van der Waals surface area contributed by atoms with Gasteiger partial charge in [-0.2, -0.15) is 0 Å². The summed E-state index contributed by atoms with van der Waals surface area (Å²) >= 11 is 0. The average molecular weight is 256 g/mol. The van der Waals surface area contributed by atoms with Crippen molar-refractivity contribution in [3.05, 3.63) is 59.7 Å². The Hall–Kier alpha value is -1.74. The lowest BCUT2D eigenvalue weighted by Gasteiger charge is -1.94. The normalized spacial score (nSPS) is 9.58. The van der Waals surface area contributed by atoms with Crippen LogP contribution in [-0.4, -0.2) is 0 Å². The van der Waals surface area contributed by atoms with Crippen molar-refractivity contribution in [2.45, 2.75) is 47.0 Å². The van der Waals surface area contributed by atoms with Gasteiger partial charge in [0.2, 0.25) is 0 Å². The van der Waals surface area contributed by atoms with Crippen molar-refractivity contribution in [2.75, 3.05) is 0 Å². The quantitative estimate of drug-likeness (QED) is 0.477. The number of benzene rings is 1. The first-order valence-corrected chi connectivity index (χ1v) is 6.91. The van der Waals surface area contributed by atoms with Crippen LogP contribution < -0.4 is 0 Å². The van der Waals surface area contributed by atoms with Crippen LogP contribution in [0, 0.1) is 19.8 Å². The summed E-state index contributed by atoms with van der Waals surface area (Å²) in [6.45, 7) is 8.49. The summed E-state index contributed by atoms with van der Waals surface area (Å²) in [7, 11) is 0. The molecule has 1 aromatic rings. The third kappa shape index (κ3) is 14.2. The zero-order chi connectivity index (χ0) is 14.9. The smallest absolute Gasteiger partial charge is 0.0307 e. The van der Waals surface area contributed by atoms with Crippen LogP contribution >= 0.6 is 0 Å². The van der Waals surface area contributed by atoms with Crippen LogP contribution in [0.5, 0.6) is 0 Å². The van der Waals surface area contributed by atoms with Crippen molar-refractivity contribution in [2.24, 2.45) is 0 Å². The minimum absolute atomic E-state index is 1.14. The van der Waals surface area contributed by atoms with E-state index in [0.29, 0.717) is 0 Å². The Morgan fingerprint density at radius 3 is 2.00 bits per heavy atom. The maximum Gasteiger partial charge on any atom is -0.0307 e. The Labute approximate surface area is 120 Å². The molecule has 0 aromatic heterocycles. The molecule has 1 aromatic carbocycles. The van der Waals surface area contributed by atoms with Gasteiger partial charge in [-0.1, -0.05) is 74.4 Å². The summed E-state index contributed by atoms with van der Waals surface area (Å²) < 4.78 is 0. The molecule has 0 bridgehead atoms. The number of aryl methyl sites for hydroxylation is 2. The first-order valence-electron chi connectivity index (χ1n) is 6.91. The molecule has 0 spiro atoms. The van der Waals surface area contributed by atoms with Gasteiger partial charge < -0.3 is 0 Å². The molecule has 0 nitrogen and oxygen atoms in total. The van der Waals surface area contributed by atoms with E-state index in [0.717, 1.165) is 6.42 Å². The molecule has 0 aliphatic rings. The number of terminal acetylenes is 1. The predicted molar refractivity (Wildman–Crippen MR) is 89.3 cm³/mol. The monoisotopic (exact) mass is 256 g/mol. The maximum absolute atomic E-state index is 4.00. The number of allylic oxidation sites excluding steroid dienone is 4. The van der Waals surface area contributed by atoms with E-state index in [9.17, 15) is 0 Å². The lowest BCUT2D eigenvalue weighted by molar-refractivity contribution is 0.959. The topological polar surface area (TPSA) is 0 Å². The Morgan fingerprint density at radius 2 is 1.58 bits per heavy atom. The fourth-order valence-corrected chi connectivity index (χ4v) is 1.28. The molecule has 104 valence electrons. The molecule has 0 N–H and O–H groups in total. The van der Waals surface area contributed by atoms with E-state index in [4.69, 9.17) is 0 Å². The van der Waals surface area contributed by atoms with Gasteiger partial charge in [0.05, 0.1) is 0 Å². The fraction of sp³-hybridized carbons (Fsp3) is 0.368. The van der Waals surface area contributed by atoms with Crippen molar-refractivity contribution in [3.8, 4) is 12.8 Å². The molecule has 0 saturated carbocycles. The van der Waals surface area contributed by atoms with Crippen molar-refractivity contribution in [1.29, 1.82) is 0 Å². The molecule has 0 amide bonds. The zero-order valence-electron chi connectivity index (χ0n) is 12.9. The predicted octanol–water partition coefficient (Wildman–Crippen LogP) is 5.73. The number of unbranched alkanes of at least 4 members (excludes halogenated alkanes) is 1. The van der Waals surface area contributed by atoms with Crippen LogP contribution in [0.4, 0.5) is 0 Å². The highest BCUT2D eigenvalue weighted by Gasteiger charge is 1.84. The maximum atomic E-state index is 4.00. The molecule has 0 aliphatic carbocycles. The van der Waals surface area contributed by atoms with Gasteiger partial charge in [0.25, 0.3) is 0 Å². The van der Waals surface area contributed by atoms with Crippen LogP contribution in [0.1, 0.15) is 44.7 Å². The Bertz CT molecular complexity index is 349. The van der Waals surface area contributed by atoms with E-state index in [2.05, 4.69) is 76.1 Å². The van der Waals surface area contributed by atoms with Crippen molar-refractivity contribution in [3.63, 3.8) is 0 Å². The van der Waals surface area contributed by atoms with Crippen LogP contribution in [0.25, 0.3) is 0 Å². The number of hydrogen-bond acceptors (Lipinski definition) is 0. The van der Waals surface area contributed by atoms with Gasteiger partial charge >= 0.3 is 0 Å². The second-order valence-corrected chi connectivity index (χ2v) is 4.08. The molecule has 0 atom stereocenters. The average Bonchev–Trinajstić information content (AvgIpc) is 2.47. The molecule has 1 rings (SSSR count). The standard InChI is InChI=1S/C9H12.C8H14.C2H2/c1-3-9-6-4-8(2)5-7-9;1-3-5-7-8-6-4-2;1-2/h4-7H,3H2,1-2H3;3,5,7-8H,4,6H2,1-2H3;1-2H/b;5-3-,8-7-;. The number of hydrogen-bond donors (Lipinski definition) is 0. The third-order valence-electron chi connectivity index (χ3n) is 2.42. The molecule has 0 radical (unpaired) electrons. The van der Waals surface area contributed by atoms with E-state index in [1.54, 1.807) is 0 Å². The second kappa shape index (κ2) is 16.3. The molecular formula is C19H28. The van der Waals surface area contributed by atoms with Crippen LogP contribution in [0.3, 0.4) is 0 Å². The fourth-order valence-electron chi connectivity index (χ4n) is 1.28. The lowest BCUT2D eigenvalue weighted by Crippen LogP contribution is -1.77. The molecular weight excluding hydrogens is 228 g/mol. The molecule has 19 heavy (non-hydrogen) atoms. The molecule has 0 heteroatoms. The highest BCUT2D eigenvalue weighted by Crippen LogP contribution is 2.02. The summed E-state index contributed by atoms with van der Waals surface area (Å²) in [5.74, 6) is 0. The molecule has 0 aliphatic heterocycles. The minimum Gasteiger partial charge on any atom is -0.124 e. The van der Waals surface area contributed by atoms with E-state index in [1.165, 1.54) is 24.0 Å². The summed E-state index contributed by atoms with van der Waals surface area (Å²) in [6.07, 6.45) is 19.9. The van der Waals surface area contributed by atoms with E-state index >= 15 is 0 Å². The van der Waals surface area contributed by atoms with Gasteiger partial charge in [0.1, 0.15) is 0 Å². The minimum atomic E-state index is 1.14. The van der Waals surface area contributed by atoms with Crippen LogP contribution in [-0.2, 0) is 6.42 Å². The van der Waals surface area contributed by atoms with Gasteiger partial charge in [0, 0.05) is 0 Å². The molecule has 0 unspecified atom stereocenters. The summed E-state index contributed by atoms with van der Waals surface area (Å²) in [4.78, 5) is 0. The Kier molecular flexibility index (Phi) is 16.8. The highest BCUT2D eigenvalue weighted by atomic mass is 13.9. The van der Waals surface area contributed by atoms with E-state index in [-0.39, 0.29) is 0 Å². The van der Waals surface area contributed by atoms with Crippen LogP contribution in [0.15, 0.2) is 48.6 Å². The van der Waals surface area contributed by atoms with Crippen LogP contribution in [0.2, 0.25) is 0 Å². The molecule has 0 saturated heterocycles. The summed E-state index contributed by atoms with van der Waals surface area (Å²) in [5.41, 5.74) is 2.76. The first-order chi connectivity index (χ1) is 9.24. The summed E-state index contributed by atoms with van der Waals surface area (Å²) in [6, 6.07) is 8.66. The van der Waals surface area contributed by atoms with E-state index < -0.39 is 0 Å². The third-order valence-corrected chi connectivity index (χ3v) is 2.42. The van der Waals surface area contributed by atoms with Gasteiger partial charge in [-0.05, 0) is 32.3 Å². The Morgan fingerprint density at radius 1 is 1.00 bits per heavy atom. The lowest BCUT2D eigenvalue weighted by atomic mass is 10.1. The number of rotatable bonds is 4. The van der Waals surface area contributed by atoms with E-state index in [1.807, 2.05) is 13.0 Å². The van der Waals surface area contributed by atoms with Gasteiger partial charge in [0.15, 0.2) is 0 Å². The zero-order valence-corrected chi connectivity index (χ0v) is 12.9. The largest absolute Gasteiger partial charge is 0.124 e. The summed E-state index contributed by atoms with van der Waals surface area (Å²) in [5, 5.41) is 0. The van der Waals surface area contributed by atoms with Crippen molar-refractivity contribution >= 4 is 0 Å².